The van der Waals surface area contributed by atoms with Gasteiger partial charge in [-0.05, 0) is 18.9 Å². The van der Waals surface area contributed by atoms with Gasteiger partial charge in [0.15, 0.2) is 11.6 Å². The van der Waals surface area contributed by atoms with Crippen molar-refractivity contribution in [1.82, 2.24) is 5.32 Å². The highest BCUT2D eigenvalue weighted by molar-refractivity contribution is 6.57. The molecule has 0 fully saturated rings. The molecule has 4 heteroatoms. The number of nitrogens with one attached hydrogen (secondary N) is 1. The van der Waals surface area contributed by atoms with Crippen molar-refractivity contribution in [2.45, 2.75) is 19.4 Å². The zero-order valence-corrected chi connectivity index (χ0v) is 8.99. The Morgan fingerprint density at radius 1 is 1.33 bits per heavy atom. The van der Waals surface area contributed by atoms with E-state index in [0.29, 0.717) is 6.42 Å². The first-order valence-electron chi connectivity index (χ1n) is 4.91. The number of Topliss-reactive ketones (excluding diaryl/α,β-unsaturated/α-hetero) is 1. The molecule has 0 aliphatic heterocycles. The molecule has 0 bridgehead atoms. The molecule has 0 spiro atoms. The molecule has 1 unspecified atom stereocenters. The van der Waals surface area contributed by atoms with Crippen LogP contribution < -0.4 is 5.32 Å². The zero-order chi connectivity index (χ0) is 11.3. The van der Waals surface area contributed by atoms with Crippen molar-refractivity contribution in [1.29, 1.82) is 0 Å². The van der Waals surface area contributed by atoms with Gasteiger partial charge in [0.25, 0.3) is 0 Å². The SMILES string of the molecule is BC(=O)NC(Cc1ccccc1)C(C)=O. The normalized spacial score (nSPS) is 11.8. The predicted octanol–water partition coefficient (Wildman–Crippen LogP) is 0.529. The summed E-state index contributed by atoms with van der Waals surface area (Å²) in [5.74, 6) is -0.194. The van der Waals surface area contributed by atoms with E-state index in [2.05, 4.69) is 5.32 Å². The van der Waals surface area contributed by atoms with E-state index in [1.165, 1.54) is 14.8 Å². The molecular weight excluding hydrogens is 189 g/mol. The molecule has 1 atom stereocenters. The number of hydrogen-bond donors (Lipinski definition) is 1. The molecule has 0 saturated carbocycles. The summed E-state index contributed by atoms with van der Waals surface area (Å²) in [5.41, 5.74) is 1.05. The van der Waals surface area contributed by atoms with Gasteiger partial charge < -0.3 is 5.32 Å². The predicted molar refractivity (Wildman–Crippen MR) is 61.7 cm³/mol. The minimum Gasteiger partial charge on any atom is -0.355 e. The van der Waals surface area contributed by atoms with E-state index in [4.69, 9.17) is 0 Å². The van der Waals surface area contributed by atoms with Crippen molar-refractivity contribution in [2.75, 3.05) is 0 Å². The van der Waals surface area contributed by atoms with Crippen LogP contribution in [0.2, 0.25) is 0 Å². The van der Waals surface area contributed by atoms with Crippen LogP contribution in [-0.2, 0) is 11.2 Å². The fraction of sp³-hybridized carbons (Fsp3) is 0.273. The van der Waals surface area contributed by atoms with E-state index in [1.807, 2.05) is 30.3 Å². The summed E-state index contributed by atoms with van der Waals surface area (Å²) in [6, 6.07) is 9.23. The smallest absolute Gasteiger partial charge is 0.215 e. The molecule has 0 heterocycles. The standard InChI is InChI=1S/C11H14BNO2/c1-8(14)10(13-11(12)15)7-9-5-3-2-4-6-9/h2-6,10H,7,12H2,1H3,(H,13,15). The zero-order valence-electron chi connectivity index (χ0n) is 8.99. The number of benzene rings is 1. The minimum atomic E-state index is -0.412. The quantitative estimate of drug-likeness (QED) is 0.725. The molecule has 0 radical (unpaired) electrons. The fourth-order valence-electron chi connectivity index (χ4n) is 1.39. The highest BCUT2D eigenvalue weighted by Gasteiger charge is 2.14. The van der Waals surface area contributed by atoms with Gasteiger partial charge in [0.1, 0.15) is 0 Å². The Morgan fingerprint density at radius 3 is 2.40 bits per heavy atom. The van der Waals surface area contributed by atoms with Crippen molar-refractivity contribution in [2.24, 2.45) is 0 Å². The topological polar surface area (TPSA) is 46.2 Å². The summed E-state index contributed by atoms with van der Waals surface area (Å²) < 4.78 is 0. The van der Waals surface area contributed by atoms with Crippen LogP contribution in [0.15, 0.2) is 30.3 Å². The molecule has 1 N–H and O–H groups in total. The van der Waals surface area contributed by atoms with Crippen LogP contribution in [0.4, 0.5) is 4.79 Å². The van der Waals surface area contributed by atoms with Crippen molar-refractivity contribution in [3.8, 4) is 0 Å². The number of amides is 1. The third-order valence-electron chi connectivity index (χ3n) is 2.15. The lowest BCUT2D eigenvalue weighted by Crippen LogP contribution is -2.40. The second-order valence-corrected chi connectivity index (χ2v) is 3.55. The third kappa shape index (κ3) is 3.98. The van der Waals surface area contributed by atoms with Gasteiger partial charge in [-0.15, -0.1) is 0 Å². The van der Waals surface area contributed by atoms with Gasteiger partial charge in [0, 0.05) is 0 Å². The van der Waals surface area contributed by atoms with Crippen LogP contribution in [0.3, 0.4) is 0 Å². The third-order valence-corrected chi connectivity index (χ3v) is 2.15. The Hall–Kier alpha value is -1.58. The maximum atomic E-state index is 11.3. The van der Waals surface area contributed by atoms with E-state index < -0.39 is 6.04 Å². The average Bonchev–Trinajstić information content (AvgIpc) is 2.17. The van der Waals surface area contributed by atoms with Gasteiger partial charge >= 0.3 is 0 Å². The first-order chi connectivity index (χ1) is 7.09. The number of carbonyl (C=O) groups excluding carboxylic acids is 2. The van der Waals surface area contributed by atoms with Crippen LogP contribution in [0.1, 0.15) is 12.5 Å². The summed E-state index contributed by atoms with van der Waals surface area (Å²) >= 11 is 0. The first-order valence-corrected chi connectivity index (χ1v) is 4.91. The van der Waals surface area contributed by atoms with Gasteiger partial charge in [-0.25, -0.2) is 0 Å². The van der Waals surface area contributed by atoms with Crippen molar-refractivity contribution in [3.63, 3.8) is 0 Å². The van der Waals surface area contributed by atoms with E-state index in [1.54, 1.807) is 0 Å². The summed E-state index contributed by atoms with van der Waals surface area (Å²) in [7, 11) is 1.42. The molecule has 0 aliphatic rings. The summed E-state index contributed by atoms with van der Waals surface area (Å²) in [5, 5.41) is 2.64. The molecular formula is C11H14BNO2. The summed E-state index contributed by atoms with van der Waals surface area (Å²) in [6.45, 7) is 1.49. The summed E-state index contributed by atoms with van der Waals surface area (Å²) in [6.07, 6.45) is 0.551. The lowest BCUT2D eigenvalue weighted by molar-refractivity contribution is -0.118. The second kappa shape index (κ2) is 5.34. The van der Waals surface area contributed by atoms with Gasteiger partial charge in [-0.3, -0.25) is 9.59 Å². The fourth-order valence-corrected chi connectivity index (χ4v) is 1.39. The molecule has 3 nitrogen and oxygen atoms in total. The highest BCUT2D eigenvalue weighted by atomic mass is 16.2. The van der Waals surface area contributed by atoms with Gasteiger partial charge in [0.2, 0.25) is 7.85 Å². The second-order valence-electron chi connectivity index (χ2n) is 3.55. The number of carbonyl (C=O) groups is 2. The van der Waals surface area contributed by atoms with Crippen LogP contribution >= 0.6 is 0 Å². The van der Waals surface area contributed by atoms with Gasteiger partial charge in [-0.1, -0.05) is 30.3 Å². The molecule has 15 heavy (non-hydrogen) atoms. The Labute approximate surface area is 90.3 Å². The average molecular weight is 203 g/mol. The van der Waals surface area contributed by atoms with E-state index in [0.717, 1.165) is 5.56 Å². The van der Waals surface area contributed by atoms with Crippen LogP contribution in [0.25, 0.3) is 0 Å². The van der Waals surface area contributed by atoms with Crippen molar-refractivity contribution in [3.05, 3.63) is 35.9 Å². The van der Waals surface area contributed by atoms with Crippen molar-refractivity contribution < 1.29 is 9.59 Å². The number of ketones is 1. The van der Waals surface area contributed by atoms with Crippen LogP contribution in [-0.4, -0.2) is 25.5 Å². The van der Waals surface area contributed by atoms with Crippen LogP contribution in [0.5, 0.6) is 0 Å². The molecule has 1 rings (SSSR count). The monoisotopic (exact) mass is 203 g/mol. The van der Waals surface area contributed by atoms with Crippen molar-refractivity contribution >= 4 is 19.4 Å². The Morgan fingerprint density at radius 2 is 1.93 bits per heavy atom. The molecule has 0 aliphatic carbocycles. The first kappa shape index (κ1) is 11.5. The largest absolute Gasteiger partial charge is 0.355 e. The van der Waals surface area contributed by atoms with E-state index in [9.17, 15) is 9.59 Å². The molecule has 78 valence electrons. The van der Waals surface area contributed by atoms with Gasteiger partial charge in [0.05, 0.1) is 6.04 Å². The molecule has 1 aromatic rings. The lowest BCUT2D eigenvalue weighted by Gasteiger charge is -2.14. The number of hydrogen-bond acceptors (Lipinski definition) is 2. The number of rotatable bonds is 4. The van der Waals surface area contributed by atoms with Gasteiger partial charge in [-0.2, -0.15) is 0 Å². The van der Waals surface area contributed by atoms with E-state index in [-0.39, 0.29) is 11.6 Å². The Balaban J connectivity index is 2.67. The Bertz CT molecular complexity index is 351. The maximum absolute atomic E-state index is 11.3. The molecule has 1 aromatic carbocycles. The molecule has 0 saturated heterocycles. The van der Waals surface area contributed by atoms with Crippen LogP contribution in [0, 0.1) is 0 Å². The van der Waals surface area contributed by atoms with E-state index >= 15 is 0 Å². The highest BCUT2D eigenvalue weighted by Crippen LogP contribution is 2.03. The Kier molecular flexibility index (Phi) is 4.09. The molecule has 0 aromatic heterocycles. The summed E-state index contributed by atoms with van der Waals surface area (Å²) in [4.78, 5) is 22.2. The minimum absolute atomic E-state index is 0.0194. The molecule has 1 amide bonds. The maximum Gasteiger partial charge on any atom is 0.215 e. The lowest BCUT2D eigenvalue weighted by atomic mass is 10.0.